The van der Waals surface area contributed by atoms with E-state index in [2.05, 4.69) is 62.4 Å². The lowest BCUT2D eigenvalue weighted by atomic mass is 9.77. The second-order valence-corrected chi connectivity index (χ2v) is 11.4. The van der Waals surface area contributed by atoms with Gasteiger partial charge in [-0.05, 0) is 72.8 Å². The number of ether oxygens (including phenoxy) is 1. The van der Waals surface area contributed by atoms with E-state index in [0.29, 0.717) is 0 Å². The van der Waals surface area contributed by atoms with Gasteiger partial charge >= 0.3 is 0 Å². The van der Waals surface area contributed by atoms with Gasteiger partial charge in [0, 0.05) is 0 Å². The molecule has 0 aliphatic heterocycles. The summed E-state index contributed by atoms with van der Waals surface area (Å²) in [5, 5.41) is 0. The monoisotopic (exact) mass is 490 g/mol. The molecule has 0 spiro atoms. The van der Waals surface area contributed by atoms with Gasteiger partial charge in [-0.2, -0.15) is 0 Å². The van der Waals surface area contributed by atoms with Crippen molar-refractivity contribution in [3.63, 3.8) is 0 Å². The van der Waals surface area contributed by atoms with E-state index in [4.69, 9.17) is 4.74 Å². The molecule has 1 heteroatoms. The highest BCUT2D eigenvalue weighted by Gasteiger charge is 2.22. The van der Waals surface area contributed by atoms with Crippen LogP contribution in [0, 0.1) is 5.92 Å². The zero-order valence-electron chi connectivity index (χ0n) is 23.6. The third-order valence-corrected chi connectivity index (χ3v) is 8.40. The number of hydrogen-bond acceptors (Lipinski definition) is 1. The Kier molecular flexibility index (Phi) is 14.1. The van der Waals surface area contributed by atoms with Crippen LogP contribution in [0.3, 0.4) is 0 Å². The van der Waals surface area contributed by atoms with Crippen molar-refractivity contribution in [3.8, 4) is 16.9 Å². The third-order valence-electron chi connectivity index (χ3n) is 8.40. The van der Waals surface area contributed by atoms with Gasteiger partial charge in [0.15, 0.2) is 0 Å². The molecule has 2 aromatic carbocycles. The van der Waals surface area contributed by atoms with E-state index in [0.717, 1.165) is 24.2 Å². The maximum Gasteiger partial charge on any atom is 0.119 e. The molecule has 0 heterocycles. The fourth-order valence-corrected chi connectivity index (χ4v) is 5.94. The maximum absolute atomic E-state index is 6.00. The highest BCUT2D eigenvalue weighted by atomic mass is 16.5. The second-order valence-electron chi connectivity index (χ2n) is 11.4. The molecule has 1 nitrogen and oxygen atoms in total. The van der Waals surface area contributed by atoms with Crippen LogP contribution >= 0.6 is 0 Å². The van der Waals surface area contributed by atoms with Crippen LogP contribution in [0.2, 0.25) is 0 Å². The van der Waals surface area contributed by atoms with Crippen LogP contribution in [-0.4, -0.2) is 6.61 Å². The van der Waals surface area contributed by atoms with Gasteiger partial charge in [-0.1, -0.05) is 134 Å². The molecule has 0 amide bonds. The van der Waals surface area contributed by atoms with Crippen molar-refractivity contribution < 1.29 is 4.74 Å². The smallest absolute Gasteiger partial charge is 0.119 e. The molecule has 0 unspecified atom stereocenters. The van der Waals surface area contributed by atoms with Crippen molar-refractivity contribution in [3.05, 3.63) is 54.1 Å². The molecule has 0 N–H and O–H groups in total. The van der Waals surface area contributed by atoms with E-state index in [-0.39, 0.29) is 0 Å². The summed E-state index contributed by atoms with van der Waals surface area (Å²) in [5.41, 5.74) is 4.14. The minimum atomic E-state index is 0.766. The van der Waals surface area contributed by atoms with Gasteiger partial charge in [-0.15, -0.1) is 0 Å². The fraction of sp³-hybridized carbons (Fsp3) is 0.657. The predicted molar refractivity (Wildman–Crippen MR) is 158 cm³/mol. The third kappa shape index (κ3) is 10.7. The molecule has 3 rings (SSSR count). The van der Waals surface area contributed by atoms with E-state index in [1.54, 1.807) is 5.56 Å². The molecule has 1 aliphatic carbocycles. The zero-order chi connectivity index (χ0) is 25.3. The van der Waals surface area contributed by atoms with E-state index >= 15 is 0 Å². The first-order chi connectivity index (χ1) is 17.8. The summed E-state index contributed by atoms with van der Waals surface area (Å²) in [6.07, 6.45) is 24.9. The summed E-state index contributed by atoms with van der Waals surface area (Å²) in [7, 11) is 0. The first-order valence-electron chi connectivity index (χ1n) is 15.6. The van der Waals surface area contributed by atoms with Crippen LogP contribution in [0.15, 0.2) is 48.5 Å². The topological polar surface area (TPSA) is 9.23 Å². The Labute approximate surface area is 223 Å². The highest BCUT2D eigenvalue weighted by molar-refractivity contribution is 5.64. The van der Waals surface area contributed by atoms with Crippen molar-refractivity contribution in [2.75, 3.05) is 6.61 Å². The summed E-state index contributed by atoms with van der Waals surface area (Å²) in [5.74, 6) is 2.75. The molecule has 0 atom stereocenters. The van der Waals surface area contributed by atoms with Crippen molar-refractivity contribution in [1.29, 1.82) is 0 Å². The van der Waals surface area contributed by atoms with Gasteiger partial charge in [-0.25, -0.2) is 0 Å². The van der Waals surface area contributed by atoms with Crippen molar-refractivity contribution >= 4 is 0 Å². The minimum Gasteiger partial charge on any atom is -0.494 e. The minimum absolute atomic E-state index is 0.766. The molecular weight excluding hydrogens is 436 g/mol. The van der Waals surface area contributed by atoms with Gasteiger partial charge < -0.3 is 4.74 Å². The van der Waals surface area contributed by atoms with Crippen LogP contribution in [0.25, 0.3) is 11.1 Å². The molecule has 36 heavy (non-hydrogen) atoms. The Morgan fingerprint density at radius 1 is 0.556 bits per heavy atom. The highest BCUT2D eigenvalue weighted by Crippen LogP contribution is 2.38. The molecule has 1 fully saturated rings. The summed E-state index contributed by atoms with van der Waals surface area (Å²) in [4.78, 5) is 0. The van der Waals surface area contributed by atoms with Gasteiger partial charge in [0.25, 0.3) is 0 Å². The largest absolute Gasteiger partial charge is 0.494 e. The molecule has 1 saturated carbocycles. The SMILES string of the molecule is CCCCCCCCCCCOc1ccc(-c2ccc(C3CCC(CCCCCC)CC3)cc2)cc1. The lowest BCUT2D eigenvalue weighted by Crippen LogP contribution is -2.13. The lowest BCUT2D eigenvalue weighted by Gasteiger charge is -2.29. The van der Waals surface area contributed by atoms with Gasteiger partial charge in [0.05, 0.1) is 6.61 Å². The van der Waals surface area contributed by atoms with Crippen LogP contribution in [0.4, 0.5) is 0 Å². The number of benzene rings is 2. The first-order valence-corrected chi connectivity index (χ1v) is 15.6. The molecule has 0 radical (unpaired) electrons. The summed E-state index contributed by atoms with van der Waals surface area (Å²) >= 11 is 0. The van der Waals surface area contributed by atoms with Crippen molar-refractivity contribution in [2.24, 2.45) is 5.92 Å². The molecule has 1 aliphatic rings. The quantitative estimate of drug-likeness (QED) is 0.189. The van der Waals surface area contributed by atoms with Crippen LogP contribution in [-0.2, 0) is 0 Å². The molecule has 0 saturated heterocycles. The van der Waals surface area contributed by atoms with E-state index in [1.165, 1.54) is 127 Å². The van der Waals surface area contributed by atoms with Crippen LogP contribution in [0.1, 0.15) is 141 Å². The van der Waals surface area contributed by atoms with Crippen molar-refractivity contribution in [2.45, 2.75) is 135 Å². The fourth-order valence-electron chi connectivity index (χ4n) is 5.94. The summed E-state index contributed by atoms with van der Waals surface area (Å²) in [6, 6.07) is 18.1. The van der Waals surface area contributed by atoms with Gasteiger partial charge in [-0.3, -0.25) is 0 Å². The lowest BCUT2D eigenvalue weighted by molar-refractivity contribution is 0.302. The average Bonchev–Trinajstić information content (AvgIpc) is 2.93. The van der Waals surface area contributed by atoms with Crippen LogP contribution in [0.5, 0.6) is 5.75 Å². The van der Waals surface area contributed by atoms with Gasteiger partial charge in [0.2, 0.25) is 0 Å². The Balaban J connectivity index is 1.32. The molecule has 2 aromatic rings. The Bertz CT molecular complexity index is 782. The first kappa shape index (κ1) is 28.8. The van der Waals surface area contributed by atoms with E-state index in [9.17, 15) is 0 Å². The average molecular weight is 491 g/mol. The predicted octanol–water partition coefficient (Wildman–Crippen LogP) is 11.5. The Morgan fingerprint density at radius 2 is 1.06 bits per heavy atom. The van der Waals surface area contributed by atoms with Crippen LogP contribution < -0.4 is 4.74 Å². The Hall–Kier alpha value is -1.76. The Morgan fingerprint density at radius 3 is 1.64 bits per heavy atom. The zero-order valence-corrected chi connectivity index (χ0v) is 23.6. The summed E-state index contributed by atoms with van der Waals surface area (Å²) < 4.78 is 6.00. The van der Waals surface area contributed by atoms with E-state index in [1.807, 2.05) is 0 Å². The number of hydrogen-bond donors (Lipinski definition) is 0. The maximum atomic E-state index is 6.00. The number of unbranched alkanes of at least 4 members (excludes halogenated alkanes) is 11. The molecule has 0 bridgehead atoms. The second kappa shape index (κ2) is 17.7. The standard InChI is InChI=1S/C35H54O/c1-3-5-7-9-10-11-12-13-15-29-36-35-27-25-34(26-28-35)33-23-21-32(22-24-33)31-19-17-30(18-20-31)16-14-8-6-4-2/h21-28,30-31H,3-20,29H2,1-2H3. The molecular formula is C35H54O. The molecule has 0 aromatic heterocycles. The van der Waals surface area contributed by atoms with Gasteiger partial charge in [0.1, 0.15) is 5.75 Å². The van der Waals surface area contributed by atoms with Crippen molar-refractivity contribution in [1.82, 2.24) is 0 Å². The number of rotatable bonds is 18. The van der Waals surface area contributed by atoms with E-state index < -0.39 is 0 Å². The normalized spacial score (nSPS) is 17.8. The summed E-state index contributed by atoms with van der Waals surface area (Å²) in [6.45, 7) is 5.43. The molecule has 200 valence electrons.